The zero-order valence-corrected chi connectivity index (χ0v) is 10.1. The van der Waals surface area contributed by atoms with Gasteiger partial charge < -0.3 is 5.32 Å². The normalized spacial score (nSPS) is 35.8. The van der Waals surface area contributed by atoms with E-state index in [1.54, 1.807) is 0 Å². The lowest BCUT2D eigenvalue weighted by atomic mass is 9.87. The largest absolute Gasteiger partial charge is 0.311 e. The van der Waals surface area contributed by atoms with Crippen LogP contribution in [0.5, 0.6) is 0 Å². The Morgan fingerprint density at radius 1 is 0.857 bits per heavy atom. The van der Waals surface area contributed by atoms with Gasteiger partial charge in [0.2, 0.25) is 0 Å². The third kappa shape index (κ3) is 3.16. The minimum Gasteiger partial charge on any atom is -0.311 e. The molecule has 0 unspecified atom stereocenters. The fourth-order valence-corrected chi connectivity index (χ4v) is 3.73. The Morgan fingerprint density at radius 3 is 2.07 bits per heavy atom. The van der Waals surface area contributed by atoms with Gasteiger partial charge in [0.1, 0.15) is 0 Å². The van der Waals surface area contributed by atoms with E-state index in [0.717, 1.165) is 18.0 Å². The van der Waals surface area contributed by atoms with E-state index in [2.05, 4.69) is 24.0 Å². The molecule has 1 aliphatic heterocycles. The van der Waals surface area contributed by atoms with Gasteiger partial charge in [0.15, 0.2) is 0 Å². The second-order valence-electron chi connectivity index (χ2n) is 5.01. The maximum atomic E-state index is 3.86. The van der Waals surface area contributed by atoms with Crippen LogP contribution in [-0.2, 0) is 0 Å². The summed E-state index contributed by atoms with van der Waals surface area (Å²) in [4.78, 5) is 0. The highest BCUT2D eigenvalue weighted by molar-refractivity contribution is 7.99. The lowest BCUT2D eigenvalue weighted by Crippen LogP contribution is -2.42. The molecule has 1 nitrogen and oxygen atoms in total. The van der Waals surface area contributed by atoms with Crippen molar-refractivity contribution in [2.24, 2.45) is 5.92 Å². The van der Waals surface area contributed by atoms with Crippen molar-refractivity contribution in [3.63, 3.8) is 0 Å². The highest BCUT2D eigenvalue weighted by Crippen LogP contribution is 2.25. The van der Waals surface area contributed by atoms with Gasteiger partial charge >= 0.3 is 0 Å². The first-order chi connectivity index (χ1) is 6.84. The number of nitrogens with one attached hydrogen (secondary N) is 1. The topological polar surface area (TPSA) is 12.0 Å². The van der Waals surface area contributed by atoms with Crippen LogP contribution in [0.1, 0.15) is 45.4 Å². The van der Waals surface area contributed by atoms with Crippen LogP contribution in [0.4, 0.5) is 0 Å². The average Bonchev–Trinajstić information content (AvgIpc) is 2.23. The van der Waals surface area contributed by atoms with Gasteiger partial charge in [-0.25, -0.2) is 0 Å². The first kappa shape index (κ1) is 10.8. The predicted octanol–water partition coefficient (Wildman–Crippen LogP) is 3.05. The van der Waals surface area contributed by atoms with Crippen LogP contribution in [0, 0.1) is 5.92 Å². The van der Waals surface area contributed by atoms with E-state index >= 15 is 0 Å². The fraction of sp³-hybridized carbons (Fsp3) is 1.00. The minimum atomic E-state index is 0.842. The van der Waals surface area contributed by atoms with E-state index < -0.39 is 0 Å². The molecule has 0 aromatic heterocycles. The third-order valence-corrected chi connectivity index (χ3v) is 4.76. The molecule has 82 valence electrons. The van der Waals surface area contributed by atoms with E-state index in [0.29, 0.717) is 0 Å². The Balaban J connectivity index is 1.68. The fourth-order valence-electron chi connectivity index (χ4n) is 2.62. The summed E-state index contributed by atoms with van der Waals surface area (Å²) in [5.41, 5.74) is 0. The quantitative estimate of drug-likeness (QED) is 0.756. The van der Waals surface area contributed by atoms with Crippen LogP contribution in [-0.4, -0.2) is 23.6 Å². The molecule has 2 aliphatic rings. The molecule has 14 heavy (non-hydrogen) atoms. The summed E-state index contributed by atoms with van der Waals surface area (Å²) >= 11 is 2.12. The van der Waals surface area contributed by atoms with Crippen molar-refractivity contribution in [1.29, 1.82) is 0 Å². The van der Waals surface area contributed by atoms with Gasteiger partial charge in [0.25, 0.3) is 0 Å². The monoisotopic (exact) mass is 213 g/mol. The van der Waals surface area contributed by atoms with Crippen LogP contribution >= 0.6 is 11.8 Å². The van der Waals surface area contributed by atoms with Crippen LogP contribution in [0.3, 0.4) is 0 Å². The van der Waals surface area contributed by atoms with Crippen molar-refractivity contribution in [3.8, 4) is 0 Å². The van der Waals surface area contributed by atoms with Crippen molar-refractivity contribution in [2.45, 2.75) is 57.5 Å². The van der Waals surface area contributed by atoms with E-state index in [9.17, 15) is 0 Å². The molecule has 2 rings (SSSR count). The Morgan fingerprint density at radius 2 is 1.43 bits per heavy atom. The number of rotatable bonds is 2. The molecule has 1 saturated heterocycles. The lowest BCUT2D eigenvalue weighted by molar-refractivity contribution is 0.280. The predicted molar refractivity (Wildman–Crippen MR) is 64.9 cm³/mol. The molecule has 0 radical (unpaired) electrons. The Hall–Kier alpha value is 0.310. The maximum absolute atomic E-state index is 3.86. The third-order valence-electron chi connectivity index (χ3n) is 3.71. The molecule has 0 atom stereocenters. The molecule has 1 saturated carbocycles. The van der Waals surface area contributed by atoms with E-state index in [1.807, 2.05) is 0 Å². The highest BCUT2D eigenvalue weighted by atomic mass is 32.2. The van der Waals surface area contributed by atoms with Crippen molar-refractivity contribution in [2.75, 3.05) is 11.5 Å². The first-order valence-electron chi connectivity index (χ1n) is 6.18. The summed E-state index contributed by atoms with van der Waals surface area (Å²) in [6.45, 7) is 2.40. The van der Waals surface area contributed by atoms with Crippen LogP contribution < -0.4 is 5.32 Å². The molecule has 0 aromatic carbocycles. The average molecular weight is 213 g/mol. The van der Waals surface area contributed by atoms with Crippen molar-refractivity contribution >= 4 is 11.8 Å². The second kappa shape index (κ2) is 5.41. The molecule has 0 bridgehead atoms. The van der Waals surface area contributed by atoms with E-state index in [1.165, 1.54) is 50.0 Å². The number of thioether (sulfide) groups is 1. The SMILES string of the molecule is CC1CCC(NC2CCSCC2)CC1. The van der Waals surface area contributed by atoms with Gasteiger partial charge in [-0.3, -0.25) is 0 Å². The summed E-state index contributed by atoms with van der Waals surface area (Å²) in [5.74, 6) is 3.73. The van der Waals surface area contributed by atoms with E-state index in [4.69, 9.17) is 0 Å². The van der Waals surface area contributed by atoms with Crippen LogP contribution in [0.2, 0.25) is 0 Å². The second-order valence-corrected chi connectivity index (χ2v) is 6.23. The van der Waals surface area contributed by atoms with Gasteiger partial charge in [0, 0.05) is 12.1 Å². The summed E-state index contributed by atoms with van der Waals surface area (Å²) in [5, 5.41) is 3.86. The zero-order valence-electron chi connectivity index (χ0n) is 9.30. The summed E-state index contributed by atoms with van der Waals surface area (Å²) in [6.07, 6.45) is 8.53. The molecular formula is C12H23NS. The molecule has 2 heteroatoms. The molecule has 1 heterocycles. The summed E-state index contributed by atoms with van der Waals surface area (Å²) in [6, 6.07) is 1.69. The van der Waals surface area contributed by atoms with Gasteiger partial charge in [-0.15, -0.1) is 0 Å². The summed E-state index contributed by atoms with van der Waals surface area (Å²) in [7, 11) is 0. The zero-order chi connectivity index (χ0) is 9.80. The van der Waals surface area contributed by atoms with Crippen molar-refractivity contribution < 1.29 is 0 Å². The van der Waals surface area contributed by atoms with Gasteiger partial charge in [-0.2, -0.15) is 11.8 Å². The van der Waals surface area contributed by atoms with Gasteiger partial charge in [0.05, 0.1) is 0 Å². The molecule has 1 aliphatic carbocycles. The first-order valence-corrected chi connectivity index (χ1v) is 7.34. The number of hydrogen-bond acceptors (Lipinski definition) is 2. The van der Waals surface area contributed by atoms with Gasteiger partial charge in [-0.05, 0) is 55.9 Å². The molecule has 0 spiro atoms. The molecule has 0 amide bonds. The lowest BCUT2D eigenvalue weighted by Gasteiger charge is -2.32. The van der Waals surface area contributed by atoms with Crippen LogP contribution in [0.15, 0.2) is 0 Å². The maximum Gasteiger partial charge on any atom is 0.00853 e. The highest BCUT2D eigenvalue weighted by Gasteiger charge is 2.21. The van der Waals surface area contributed by atoms with Crippen molar-refractivity contribution in [3.05, 3.63) is 0 Å². The standard InChI is InChI=1S/C12H23NS/c1-10-2-4-11(5-3-10)13-12-6-8-14-9-7-12/h10-13H,2-9H2,1H3. The summed E-state index contributed by atoms with van der Waals surface area (Å²) < 4.78 is 0. The Bertz CT molecular complexity index is 158. The van der Waals surface area contributed by atoms with E-state index in [-0.39, 0.29) is 0 Å². The molecule has 1 N–H and O–H groups in total. The molecule has 2 fully saturated rings. The Kier molecular flexibility index (Phi) is 4.18. The minimum absolute atomic E-state index is 0.842. The van der Waals surface area contributed by atoms with Gasteiger partial charge in [-0.1, -0.05) is 6.92 Å². The van der Waals surface area contributed by atoms with Crippen LogP contribution in [0.25, 0.3) is 0 Å². The number of hydrogen-bond donors (Lipinski definition) is 1. The molecule has 0 aromatic rings. The molecular weight excluding hydrogens is 190 g/mol. The smallest absolute Gasteiger partial charge is 0.00853 e. The Labute approximate surface area is 92.4 Å². The van der Waals surface area contributed by atoms with Crippen molar-refractivity contribution in [1.82, 2.24) is 5.32 Å².